The number of pyridine rings is 1. The molecule has 3 N–H and O–H groups in total. The SMILES string of the molecule is CCCCc1nc2c([nH]1)c(N)nc1ccc(N3CCN(CCOCCN(CCOCCC(=O)Oc4c(F)c(F)cc(F)c4F)C(=O)CCOCCOCCOC)CC3)cc12. The molecule has 5 rings (SSSR count). The number of piperazine rings is 1. The van der Waals surface area contributed by atoms with Gasteiger partial charge in [-0.25, -0.2) is 18.7 Å². The summed E-state index contributed by atoms with van der Waals surface area (Å²) in [4.78, 5) is 44.3. The average Bonchev–Trinajstić information content (AvgIpc) is 3.69. The standard InChI is InChI=1S/C41H55F4N7O8/c1-3-4-5-33-48-38-29-26-28(6-7-32(29)47-41(46)39(38)49-33)51-12-10-50(11-13-51)14-19-58-21-16-52(34(53)8-17-57-24-25-59-23-22-55-2)15-20-56-18-9-35(54)60-40-36(44)30(42)27-31(43)37(40)45/h6-7,26-27H,3-5,8-25H2,1-2H3,(H2,46,47)(H,48,49). The first kappa shape index (κ1) is 46.4. The van der Waals surface area contributed by atoms with E-state index in [9.17, 15) is 27.2 Å². The number of hydrogen-bond donors (Lipinski definition) is 2. The van der Waals surface area contributed by atoms with Crippen molar-refractivity contribution < 1.29 is 55.6 Å². The van der Waals surface area contributed by atoms with Crippen molar-refractivity contribution in [2.75, 3.05) is 123 Å². The third-order valence-electron chi connectivity index (χ3n) is 9.91. The van der Waals surface area contributed by atoms with Gasteiger partial charge in [0.1, 0.15) is 22.7 Å². The second-order valence-corrected chi connectivity index (χ2v) is 14.1. The molecule has 4 aromatic rings. The summed E-state index contributed by atoms with van der Waals surface area (Å²) in [5.74, 6) is -8.49. The lowest BCUT2D eigenvalue weighted by molar-refractivity contribution is -0.137. The summed E-state index contributed by atoms with van der Waals surface area (Å²) >= 11 is 0. The predicted octanol–water partition coefficient (Wildman–Crippen LogP) is 4.64. The van der Waals surface area contributed by atoms with Crippen LogP contribution in [0.4, 0.5) is 29.1 Å². The second kappa shape index (κ2) is 24.0. The smallest absolute Gasteiger partial charge is 0.313 e. The molecule has 0 atom stereocenters. The number of benzene rings is 2. The molecular formula is C41H55F4N7O8. The lowest BCUT2D eigenvalue weighted by Crippen LogP contribution is -2.47. The van der Waals surface area contributed by atoms with Crippen LogP contribution in [0.5, 0.6) is 5.75 Å². The number of aromatic nitrogens is 3. The van der Waals surface area contributed by atoms with Gasteiger partial charge in [-0.05, 0) is 24.6 Å². The number of fused-ring (bicyclic) bond motifs is 3. The number of hydrogen-bond acceptors (Lipinski definition) is 13. The van der Waals surface area contributed by atoms with E-state index in [4.69, 9.17) is 34.4 Å². The van der Waals surface area contributed by atoms with E-state index in [1.165, 1.54) is 0 Å². The van der Waals surface area contributed by atoms with E-state index >= 15 is 0 Å². The highest BCUT2D eigenvalue weighted by Crippen LogP contribution is 2.31. The summed E-state index contributed by atoms with van der Waals surface area (Å²) in [6, 6.07) is 6.23. The number of unbranched alkanes of at least 4 members (excludes halogenated alkanes) is 1. The number of carbonyl (C=O) groups is 2. The van der Waals surface area contributed by atoms with Crippen molar-refractivity contribution in [1.29, 1.82) is 0 Å². The van der Waals surface area contributed by atoms with Crippen molar-refractivity contribution >= 4 is 45.3 Å². The maximum Gasteiger partial charge on any atom is 0.313 e. The summed E-state index contributed by atoms with van der Waals surface area (Å²) in [6.07, 6.45) is 2.61. The van der Waals surface area contributed by atoms with E-state index in [2.05, 4.69) is 43.6 Å². The number of nitrogen functional groups attached to an aromatic ring is 1. The predicted molar refractivity (Wildman–Crippen MR) is 216 cm³/mol. The van der Waals surface area contributed by atoms with Crippen LogP contribution in [0, 0.1) is 23.3 Å². The van der Waals surface area contributed by atoms with Gasteiger partial charge < -0.3 is 48.9 Å². The molecule has 0 saturated carbocycles. The third-order valence-corrected chi connectivity index (χ3v) is 9.91. The van der Waals surface area contributed by atoms with Crippen molar-refractivity contribution in [3.8, 4) is 5.75 Å². The fourth-order valence-corrected chi connectivity index (χ4v) is 6.54. The van der Waals surface area contributed by atoms with Gasteiger partial charge in [0.15, 0.2) is 11.6 Å². The Kier molecular flexibility index (Phi) is 18.5. The van der Waals surface area contributed by atoms with Gasteiger partial charge in [-0.3, -0.25) is 14.5 Å². The van der Waals surface area contributed by atoms with Crippen LogP contribution >= 0.6 is 0 Å². The molecular weight excluding hydrogens is 794 g/mol. The van der Waals surface area contributed by atoms with E-state index in [1.54, 1.807) is 12.0 Å². The molecule has 1 amide bonds. The number of aromatic amines is 1. The normalized spacial score (nSPS) is 13.5. The lowest BCUT2D eigenvalue weighted by Gasteiger charge is -2.36. The molecule has 2 aromatic heterocycles. The number of rotatable bonds is 26. The first-order valence-electron chi connectivity index (χ1n) is 20.3. The minimum atomic E-state index is -1.82. The van der Waals surface area contributed by atoms with Gasteiger partial charge in [-0.15, -0.1) is 0 Å². The van der Waals surface area contributed by atoms with Crippen LogP contribution in [0.1, 0.15) is 38.4 Å². The molecule has 19 heteroatoms. The fraction of sp³-hybridized carbons (Fsp3) is 0.561. The highest BCUT2D eigenvalue weighted by Gasteiger charge is 2.24. The number of nitrogens with two attached hydrogens (primary N) is 1. The van der Waals surface area contributed by atoms with E-state index in [0.29, 0.717) is 45.4 Å². The Balaban J connectivity index is 1.04. The maximum absolute atomic E-state index is 13.9. The molecule has 0 spiro atoms. The Morgan fingerprint density at radius 1 is 0.817 bits per heavy atom. The second-order valence-electron chi connectivity index (χ2n) is 14.1. The molecule has 0 unspecified atom stereocenters. The first-order chi connectivity index (χ1) is 29.1. The van der Waals surface area contributed by atoms with Crippen molar-refractivity contribution in [1.82, 2.24) is 24.8 Å². The number of H-pyrrole nitrogens is 1. The number of carbonyl (C=O) groups excluding carboxylic acids is 2. The quantitative estimate of drug-likeness (QED) is 0.0295. The van der Waals surface area contributed by atoms with Crippen LogP contribution in [0.25, 0.3) is 21.9 Å². The zero-order valence-corrected chi connectivity index (χ0v) is 34.2. The number of ether oxygens (including phenoxy) is 6. The molecule has 1 aliphatic rings. The summed E-state index contributed by atoms with van der Waals surface area (Å²) in [6.45, 7) is 8.91. The summed E-state index contributed by atoms with van der Waals surface area (Å²) in [7, 11) is 1.58. The summed E-state index contributed by atoms with van der Waals surface area (Å²) in [5.41, 5.74) is 9.81. The topological polar surface area (TPSA) is 167 Å². The minimum Gasteiger partial charge on any atom is -0.420 e. The van der Waals surface area contributed by atoms with E-state index in [-0.39, 0.29) is 57.9 Å². The van der Waals surface area contributed by atoms with Gasteiger partial charge in [0.25, 0.3) is 0 Å². The summed E-state index contributed by atoms with van der Waals surface area (Å²) < 4.78 is 86.4. The zero-order valence-electron chi connectivity index (χ0n) is 34.2. The Morgan fingerprint density at radius 2 is 1.47 bits per heavy atom. The van der Waals surface area contributed by atoms with Crippen LogP contribution in [-0.2, 0) is 39.7 Å². The van der Waals surface area contributed by atoms with E-state index < -0.39 is 41.4 Å². The van der Waals surface area contributed by atoms with Gasteiger partial charge in [0.05, 0.1) is 77.8 Å². The largest absolute Gasteiger partial charge is 0.420 e. The molecule has 1 saturated heterocycles. The molecule has 0 radical (unpaired) electrons. The highest BCUT2D eigenvalue weighted by molar-refractivity contribution is 6.07. The van der Waals surface area contributed by atoms with Gasteiger partial charge in [0.2, 0.25) is 23.3 Å². The molecule has 15 nitrogen and oxygen atoms in total. The van der Waals surface area contributed by atoms with E-state index in [0.717, 1.165) is 78.9 Å². The van der Waals surface area contributed by atoms with Crippen molar-refractivity contribution in [2.24, 2.45) is 0 Å². The summed E-state index contributed by atoms with van der Waals surface area (Å²) in [5, 5.41) is 0.971. The molecule has 0 aliphatic carbocycles. The molecule has 1 fully saturated rings. The van der Waals surface area contributed by atoms with Crippen molar-refractivity contribution in [3.63, 3.8) is 0 Å². The number of esters is 1. The number of aryl methyl sites for hydroxylation is 1. The maximum atomic E-state index is 13.9. The van der Waals surface area contributed by atoms with Crippen molar-refractivity contribution in [3.05, 3.63) is 53.4 Å². The van der Waals surface area contributed by atoms with Crippen LogP contribution in [-0.4, -0.2) is 149 Å². The van der Waals surface area contributed by atoms with Crippen molar-refractivity contribution in [2.45, 2.75) is 39.0 Å². The number of amides is 1. The molecule has 2 aromatic carbocycles. The number of halogens is 4. The monoisotopic (exact) mass is 849 g/mol. The Bertz CT molecular complexity index is 1970. The number of imidazole rings is 1. The first-order valence-corrected chi connectivity index (χ1v) is 20.3. The number of nitrogens with zero attached hydrogens (tertiary/aromatic N) is 5. The van der Waals surface area contributed by atoms with Gasteiger partial charge in [-0.1, -0.05) is 13.3 Å². The average molecular weight is 850 g/mol. The molecule has 60 heavy (non-hydrogen) atoms. The molecule has 3 heterocycles. The van der Waals surface area contributed by atoms with Crippen LogP contribution in [0.3, 0.4) is 0 Å². The number of nitrogens with one attached hydrogen (secondary N) is 1. The minimum absolute atomic E-state index is 0.0150. The number of methoxy groups -OCH3 is 1. The molecule has 0 bridgehead atoms. The van der Waals surface area contributed by atoms with Gasteiger partial charge >= 0.3 is 5.97 Å². The van der Waals surface area contributed by atoms with Crippen LogP contribution < -0.4 is 15.4 Å². The fourth-order valence-electron chi connectivity index (χ4n) is 6.54. The van der Waals surface area contributed by atoms with Gasteiger partial charge in [0, 0.05) is 76.5 Å². The Hall–Kier alpha value is -4.66. The van der Waals surface area contributed by atoms with E-state index in [1.807, 2.05) is 6.07 Å². The third kappa shape index (κ3) is 13.4. The molecule has 1 aliphatic heterocycles. The highest BCUT2D eigenvalue weighted by atomic mass is 19.2. The van der Waals surface area contributed by atoms with Crippen LogP contribution in [0.15, 0.2) is 24.3 Å². The lowest BCUT2D eigenvalue weighted by atomic mass is 10.1. The van der Waals surface area contributed by atoms with Crippen LogP contribution in [0.2, 0.25) is 0 Å². The molecule has 330 valence electrons. The number of anilines is 2. The Labute approximate surface area is 346 Å². The zero-order chi connectivity index (χ0) is 42.9. The van der Waals surface area contributed by atoms with Gasteiger partial charge in [-0.2, -0.15) is 8.78 Å². The Morgan fingerprint density at radius 3 is 2.17 bits per heavy atom.